The average Bonchev–Trinajstić information content (AvgIpc) is 3.22. The van der Waals surface area contributed by atoms with Crippen molar-refractivity contribution in [2.45, 2.75) is 32.2 Å². The fourth-order valence-electron chi connectivity index (χ4n) is 4.86. The van der Waals surface area contributed by atoms with Crippen molar-refractivity contribution in [2.75, 3.05) is 26.7 Å². The van der Waals surface area contributed by atoms with E-state index in [-0.39, 0.29) is 0 Å². The Kier molecular flexibility index (Phi) is 6.65. The molecule has 4 nitrogen and oxygen atoms in total. The highest BCUT2D eigenvalue weighted by molar-refractivity contribution is 6.31. The Balaban J connectivity index is 1.44. The highest BCUT2D eigenvalue weighted by Gasteiger charge is 2.14. The van der Waals surface area contributed by atoms with Gasteiger partial charge in [0, 0.05) is 57.8 Å². The number of nitrogens with zero attached hydrogens (tertiary/aromatic N) is 3. The lowest BCUT2D eigenvalue weighted by molar-refractivity contribution is 0.223. The summed E-state index contributed by atoms with van der Waals surface area (Å²) in [5, 5.41) is 1.93. The molecule has 5 heteroatoms. The van der Waals surface area contributed by atoms with Crippen molar-refractivity contribution in [3.8, 4) is 28.0 Å². The second-order valence-corrected chi connectivity index (χ2v) is 9.28. The molecule has 0 N–H and O–H groups in total. The SMILES string of the molecule is COc1ccc(-c2cncc(-c3cn(CCCN4CCCCC4)c4ccc(Cl)cc34)c2)cc1. The van der Waals surface area contributed by atoms with Crippen LogP contribution in [0.2, 0.25) is 5.02 Å². The van der Waals surface area contributed by atoms with E-state index >= 15 is 0 Å². The number of rotatable bonds is 7. The van der Waals surface area contributed by atoms with Crippen LogP contribution < -0.4 is 4.74 Å². The molecule has 1 aliphatic rings. The van der Waals surface area contributed by atoms with Gasteiger partial charge in [0.1, 0.15) is 5.75 Å². The Labute approximate surface area is 200 Å². The Morgan fingerprint density at radius 3 is 2.45 bits per heavy atom. The summed E-state index contributed by atoms with van der Waals surface area (Å²) in [5.74, 6) is 0.852. The predicted molar refractivity (Wildman–Crippen MR) is 137 cm³/mol. The number of halogens is 1. The van der Waals surface area contributed by atoms with E-state index in [9.17, 15) is 0 Å². The van der Waals surface area contributed by atoms with E-state index in [1.165, 1.54) is 48.8 Å². The number of aryl methyl sites for hydroxylation is 1. The topological polar surface area (TPSA) is 30.3 Å². The zero-order valence-electron chi connectivity index (χ0n) is 19.1. The first-order valence-corrected chi connectivity index (χ1v) is 12.2. The average molecular weight is 460 g/mol. The summed E-state index contributed by atoms with van der Waals surface area (Å²) in [6.07, 6.45) is 11.3. The van der Waals surface area contributed by atoms with E-state index in [1.807, 2.05) is 30.6 Å². The number of hydrogen-bond donors (Lipinski definition) is 0. The molecule has 0 atom stereocenters. The molecule has 1 saturated heterocycles. The van der Waals surface area contributed by atoms with Gasteiger partial charge in [0.05, 0.1) is 7.11 Å². The van der Waals surface area contributed by atoms with Crippen LogP contribution in [0.25, 0.3) is 33.2 Å². The number of likely N-dealkylation sites (tertiary alicyclic amines) is 1. The Hall–Kier alpha value is -2.82. The number of piperidine rings is 1. The van der Waals surface area contributed by atoms with Gasteiger partial charge >= 0.3 is 0 Å². The molecule has 0 saturated carbocycles. The molecule has 3 heterocycles. The molecule has 0 spiro atoms. The van der Waals surface area contributed by atoms with Crippen LogP contribution in [0.4, 0.5) is 0 Å². The minimum atomic E-state index is 0.758. The molecule has 2 aromatic carbocycles. The van der Waals surface area contributed by atoms with E-state index in [1.54, 1.807) is 7.11 Å². The predicted octanol–water partition coefficient (Wildman–Crippen LogP) is 6.91. The van der Waals surface area contributed by atoms with Crippen molar-refractivity contribution in [2.24, 2.45) is 0 Å². The van der Waals surface area contributed by atoms with Gasteiger partial charge < -0.3 is 14.2 Å². The number of ether oxygens (including phenoxy) is 1. The van der Waals surface area contributed by atoms with E-state index in [0.717, 1.165) is 47.0 Å². The maximum Gasteiger partial charge on any atom is 0.118 e. The lowest BCUT2D eigenvalue weighted by Gasteiger charge is -2.26. The molecule has 1 aliphatic heterocycles. The quantitative estimate of drug-likeness (QED) is 0.301. The van der Waals surface area contributed by atoms with Crippen molar-refractivity contribution in [3.63, 3.8) is 0 Å². The number of fused-ring (bicyclic) bond motifs is 1. The van der Waals surface area contributed by atoms with Gasteiger partial charge in [0.15, 0.2) is 0 Å². The van der Waals surface area contributed by atoms with Crippen LogP contribution in [-0.2, 0) is 6.54 Å². The third-order valence-electron chi connectivity index (χ3n) is 6.64. The standard InChI is InChI=1S/C28H30ClN3O/c1-33-25-9-6-21(7-10-25)22-16-23(19-30-18-22)27-20-32(28-11-8-24(29)17-26(27)28)15-5-14-31-12-3-2-4-13-31/h6-11,16-20H,2-5,12-15H2,1H3. The first-order chi connectivity index (χ1) is 16.2. The van der Waals surface area contributed by atoms with Crippen LogP contribution in [0.1, 0.15) is 25.7 Å². The smallest absolute Gasteiger partial charge is 0.118 e. The van der Waals surface area contributed by atoms with Crippen LogP contribution >= 0.6 is 11.6 Å². The summed E-state index contributed by atoms with van der Waals surface area (Å²) in [6, 6.07) is 16.5. The number of hydrogen-bond acceptors (Lipinski definition) is 3. The van der Waals surface area contributed by atoms with Gasteiger partial charge in [-0.2, -0.15) is 0 Å². The van der Waals surface area contributed by atoms with Gasteiger partial charge in [-0.3, -0.25) is 4.98 Å². The van der Waals surface area contributed by atoms with Crippen LogP contribution in [-0.4, -0.2) is 41.2 Å². The molecule has 0 unspecified atom stereocenters. The van der Waals surface area contributed by atoms with Crippen molar-refractivity contribution in [1.29, 1.82) is 0 Å². The Morgan fingerprint density at radius 2 is 1.67 bits per heavy atom. The molecule has 33 heavy (non-hydrogen) atoms. The molecule has 4 aromatic rings. The molecular weight excluding hydrogens is 430 g/mol. The fraction of sp³-hybridized carbons (Fsp3) is 0.321. The third kappa shape index (κ3) is 4.92. The fourth-order valence-corrected chi connectivity index (χ4v) is 5.03. The molecule has 0 amide bonds. The van der Waals surface area contributed by atoms with Gasteiger partial charge in [-0.05, 0) is 80.9 Å². The van der Waals surface area contributed by atoms with Crippen molar-refractivity contribution >= 4 is 22.5 Å². The van der Waals surface area contributed by atoms with Crippen molar-refractivity contribution in [1.82, 2.24) is 14.5 Å². The first kappa shape index (κ1) is 22.0. The van der Waals surface area contributed by atoms with Gasteiger partial charge in [0.25, 0.3) is 0 Å². The van der Waals surface area contributed by atoms with Crippen molar-refractivity contribution < 1.29 is 4.74 Å². The summed E-state index contributed by atoms with van der Waals surface area (Å²) in [6.45, 7) is 4.66. The van der Waals surface area contributed by atoms with E-state index < -0.39 is 0 Å². The number of methoxy groups -OCH3 is 1. The minimum Gasteiger partial charge on any atom is -0.497 e. The molecule has 0 radical (unpaired) electrons. The minimum absolute atomic E-state index is 0.758. The summed E-state index contributed by atoms with van der Waals surface area (Å²) >= 11 is 6.41. The lowest BCUT2D eigenvalue weighted by atomic mass is 10.0. The maximum atomic E-state index is 6.41. The summed E-state index contributed by atoms with van der Waals surface area (Å²) in [4.78, 5) is 7.17. The van der Waals surface area contributed by atoms with Gasteiger partial charge in [0.2, 0.25) is 0 Å². The van der Waals surface area contributed by atoms with E-state index in [0.29, 0.717) is 0 Å². The number of pyridine rings is 1. The molecule has 2 aromatic heterocycles. The van der Waals surface area contributed by atoms with Crippen LogP contribution in [0.15, 0.2) is 67.1 Å². The number of benzene rings is 2. The largest absolute Gasteiger partial charge is 0.497 e. The van der Waals surface area contributed by atoms with Crippen molar-refractivity contribution in [3.05, 3.63) is 72.1 Å². The normalized spacial score (nSPS) is 14.6. The zero-order chi connectivity index (χ0) is 22.6. The van der Waals surface area contributed by atoms with Crippen LogP contribution in [0, 0.1) is 0 Å². The van der Waals surface area contributed by atoms with Gasteiger partial charge in [-0.25, -0.2) is 0 Å². The van der Waals surface area contributed by atoms with Gasteiger partial charge in [-0.15, -0.1) is 0 Å². The van der Waals surface area contributed by atoms with E-state index in [4.69, 9.17) is 16.3 Å². The van der Waals surface area contributed by atoms with E-state index in [2.05, 4.69) is 51.0 Å². The zero-order valence-corrected chi connectivity index (χ0v) is 19.9. The second kappa shape index (κ2) is 9.98. The highest BCUT2D eigenvalue weighted by Crippen LogP contribution is 2.34. The summed E-state index contributed by atoms with van der Waals surface area (Å²) in [5.41, 5.74) is 5.71. The molecule has 170 valence electrons. The molecule has 5 rings (SSSR count). The molecule has 0 bridgehead atoms. The summed E-state index contributed by atoms with van der Waals surface area (Å²) < 4.78 is 7.68. The molecule has 0 aliphatic carbocycles. The van der Waals surface area contributed by atoms with Crippen LogP contribution in [0.3, 0.4) is 0 Å². The first-order valence-electron chi connectivity index (χ1n) is 11.8. The van der Waals surface area contributed by atoms with Crippen LogP contribution in [0.5, 0.6) is 5.75 Å². The second-order valence-electron chi connectivity index (χ2n) is 8.84. The highest BCUT2D eigenvalue weighted by atomic mass is 35.5. The monoisotopic (exact) mass is 459 g/mol. The molecule has 1 fully saturated rings. The Morgan fingerprint density at radius 1 is 0.879 bits per heavy atom. The van der Waals surface area contributed by atoms with Gasteiger partial charge in [-0.1, -0.05) is 30.2 Å². The maximum absolute atomic E-state index is 6.41. The Bertz CT molecular complexity index is 1230. The molecular formula is C28H30ClN3O. The third-order valence-corrected chi connectivity index (χ3v) is 6.87. The summed E-state index contributed by atoms with van der Waals surface area (Å²) in [7, 11) is 1.69. The number of aromatic nitrogens is 2. The lowest BCUT2D eigenvalue weighted by Crippen LogP contribution is -2.31.